The van der Waals surface area contributed by atoms with Crippen molar-refractivity contribution in [2.75, 3.05) is 19.5 Å². The van der Waals surface area contributed by atoms with Crippen LogP contribution >= 0.6 is 0 Å². The molecule has 158 valence electrons. The van der Waals surface area contributed by atoms with Crippen molar-refractivity contribution in [3.8, 4) is 23.1 Å². The van der Waals surface area contributed by atoms with Crippen molar-refractivity contribution in [3.63, 3.8) is 0 Å². The number of anilines is 1. The summed E-state index contributed by atoms with van der Waals surface area (Å²) in [7, 11) is 3.06. The molecule has 0 atom stereocenters. The highest BCUT2D eigenvalue weighted by Crippen LogP contribution is 2.26. The molecule has 0 radical (unpaired) electrons. The van der Waals surface area contributed by atoms with Crippen LogP contribution in [0, 0.1) is 0 Å². The van der Waals surface area contributed by atoms with E-state index in [1.54, 1.807) is 55.6 Å². The lowest BCUT2D eigenvalue weighted by atomic mass is 10.3. The van der Waals surface area contributed by atoms with Crippen LogP contribution in [-0.4, -0.2) is 39.3 Å². The number of ether oxygens (including phenoxy) is 3. The van der Waals surface area contributed by atoms with E-state index < -0.39 is 11.6 Å². The number of carbonyl (C=O) groups excluding carboxylic acids is 1. The molecule has 2 aromatic heterocycles. The second-order valence-electron chi connectivity index (χ2n) is 6.40. The second-order valence-corrected chi connectivity index (χ2v) is 6.40. The van der Waals surface area contributed by atoms with Crippen LogP contribution in [0.4, 0.5) is 5.69 Å². The van der Waals surface area contributed by atoms with Gasteiger partial charge in [0.1, 0.15) is 23.8 Å². The summed E-state index contributed by atoms with van der Waals surface area (Å²) in [6.07, 6.45) is 2.88. The van der Waals surface area contributed by atoms with Crippen molar-refractivity contribution in [1.29, 1.82) is 0 Å². The number of aromatic nitrogens is 4. The van der Waals surface area contributed by atoms with Crippen LogP contribution in [0.2, 0.25) is 0 Å². The summed E-state index contributed by atoms with van der Waals surface area (Å²) in [5.41, 5.74) is 0.180. The Morgan fingerprint density at radius 3 is 2.68 bits per heavy atom. The highest BCUT2D eigenvalue weighted by atomic mass is 16.5. The summed E-state index contributed by atoms with van der Waals surface area (Å²) in [5.74, 6) is 1.28. The molecule has 1 N–H and O–H groups in total. The topological polar surface area (TPSA) is 109 Å². The van der Waals surface area contributed by atoms with Gasteiger partial charge in [0, 0.05) is 18.5 Å². The molecule has 10 nitrogen and oxygen atoms in total. The molecule has 1 amide bonds. The van der Waals surface area contributed by atoms with Crippen LogP contribution in [0.1, 0.15) is 0 Å². The first-order valence-electron chi connectivity index (χ1n) is 9.28. The van der Waals surface area contributed by atoms with Gasteiger partial charge >= 0.3 is 5.69 Å². The van der Waals surface area contributed by atoms with Crippen molar-refractivity contribution in [2.45, 2.75) is 6.54 Å². The predicted octanol–water partition coefficient (Wildman–Crippen LogP) is 2.34. The third-order valence-corrected chi connectivity index (χ3v) is 4.40. The minimum absolute atomic E-state index is 0.122. The molecule has 0 saturated heterocycles. The Kier molecular flexibility index (Phi) is 5.52. The van der Waals surface area contributed by atoms with E-state index in [0.717, 1.165) is 4.68 Å². The van der Waals surface area contributed by atoms with Crippen molar-refractivity contribution in [2.24, 2.45) is 0 Å². The Balaban J connectivity index is 1.59. The van der Waals surface area contributed by atoms with E-state index in [1.807, 2.05) is 0 Å². The number of hydrogen-bond acceptors (Lipinski definition) is 7. The molecule has 4 rings (SSSR count). The van der Waals surface area contributed by atoms with Gasteiger partial charge in [-0.25, -0.2) is 18.9 Å². The van der Waals surface area contributed by atoms with Crippen LogP contribution in [0.15, 0.2) is 65.7 Å². The molecule has 4 aromatic rings. The quantitative estimate of drug-likeness (QED) is 0.488. The van der Waals surface area contributed by atoms with E-state index in [9.17, 15) is 9.59 Å². The number of nitrogens with zero attached hydrogens (tertiary/aromatic N) is 4. The first kappa shape index (κ1) is 20.0. The van der Waals surface area contributed by atoms with E-state index in [2.05, 4.69) is 15.4 Å². The number of rotatable bonds is 7. The zero-order valence-electron chi connectivity index (χ0n) is 16.8. The van der Waals surface area contributed by atoms with Crippen LogP contribution in [-0.2, 0) is 11.3 Å². The SMILES string of the molecule is COc1cccc(Oc2nccn3c(=O)n(CC(=O)Nc4ccccc4OC)nc23)c1. The van der Waals surface area contributed by atoms with E-state index in [1.165, 1.54) is 23.9 Å². The lowest BCUT2D eigenvalue weighted by Crippen LogP contribution is -2.28. The predicted molar refractivity (Wildman–Crippen MR) is 112 cm³/mol. The minimum atomic E-state index is -0.497. The average Bonchev–Trinajstić information content (AvgIpc) is 3.10. The zero-order chi connectivity index (χ0) is 21.8. The maximum atomic E-state index is 12.7. The summed E-state index contributed by atoms with van der Waals surface area (Å²) < 4.78 is 18.5. The Bertz CT molecular complexity index is 1300. The van der Waals surface area contributed by atoms with Crippen molar-refractivity contribution in [3.05, 3.63) is 71.4 Å². The van der Waals surface area contributed by atoms with Gasteiger partial charge in [0.15, 0.2) is 0 Å². The maximum absolute atomic E-state index is 12.7. The zero-order valence-corrected chi connectivity index (χ0v) is 16.8. The van der Waals surface area contributed by atoms with Crippen LogP contribution < -0.4 is 25.2 Å². The van der Waals surface area contributed by atoms with Gasteiger partial charge in [0.2, 0.25) is 11.6 Å². The van der Waals surface area contributed by atoms with Crippen LogP contribution in [0.3, 0.4) is 0 Å². The van der Waals surface area contributed by atoms with Crippen LogP contribution in [0.25, 0.3) is 5.65 Å². The van der Waals surface area contributed by atoms with Crippen molar-refractivity contribution < 1.29 is 19.0 Å². The fourth-order valence-electron chi connectivity index (χ4n) is 2.95. The third kappa shape index (κ3) is 4.17. The van der Waals surface area contributed by atoms with Crippen LogP contribution in [0.5, 0.6) is 23.1 Å². The van der Waals surface area contributed by atoms with Gasteiger partial charge in [0.25, 0.3) is 5.88 Å². The summed E-state index contributed by atoms with van der Waals surface area (Å²) in [4.78, 5) is 29.4. The first-order valence-corrected chi connectivity index (χ1v) is 9.28. The van der Waals surface area contributed by atoms with Gasteiger partial charge in [0.05, 0.1) is 19.9 Å². The number of para-hydroxylation sites is 2. The summed E-state index contributed by atoms with van der Waals surface area (Å²) >= 11 is 0. The number of fused-ring (bicyclic) bond motifs is 1. The average molecular weight is 421 g/mol. The lowest BCUT2D eigenvalue weighted by Gasteiger charge is -2.09. The maximum Gasteiger partial charge on any atom is 0.351 e. The molecule has 0 spiro atoms. The first-order chi connectivity index (χ1) is 15.1. The number of nitrogens with one attached hydrogen (secondary N) is 1. The van der Waals surface area contributed by atoms with E-state index >= 15 is 0 Å². The van der Waals surface area contributed by atoms with Gasteiger partial charge in [-0.1, -0.05) is 18.2 Å². The van der Waals surface area contributed by atoms with E-state index in [-0.39, 0.29) is 18.1 Å². The molecule has 2 aromatic carbocycles. The summed E-state index contributed by atoms with van der Waals surface area (Å²) in [5, 5.41) is 6.95. The molecule has 0 saturated carbocycles. The normalized spacial score (nSPS) is 10.6. The van der Waals surface area contributed by atoms with Gasteiger partial charge in [-0.05, 0) is 24.3 Å². The number of methoxy groups -OCH3 is 2. The molecule has 0 aliphatic carbocycles. The molecular weight excluding hydrogens is 402 g/mol. The smallest absolute Gasteiger partial charge is 0.351 e. The number of carbonyl (C=O) groups is 1. The fraction of sp³-hybridized carbons (Fsp3) is 0.143. The van der Waals surface area contributed by atoms with Crippen molar-refractivity contribution in [1.82, 2.24) is 19.2 Å². The van der Waals surface area contributed by atoms with Gasteiger partial charge in [-0.3, -0.25) is 4.79 Å². The summed E-state index contributed by atoms with van der Waals surface area (Å²) in [6.45, 7) is -0.294. The Hall–Kier alpha value is -4.34. The second kappa shape index (κ2) is 8.57. The van der Waals surface area contributed by atoms with E-state index in [0.29, 0.717) is 22.9 Å². The number of amides is 1. The Morgan fingerprint density at radius 2 is 1.87 bits per heavy atom. The molecular formula is C21H19N5O5. The molecule has 0 aliphatic heterocycles. The van der Waals surface area contributed by atoms with E-state index in [4.69, 9.17) is 14.2 Å². The number of hydrogen-bond donors (Lipinski definition) is 1. The van der Waals surface area contributed by atoms with Gasteiger partial charge in [-0.2, -0.15) is 0 Å². The third-order valence-electron chi connectivity index (χ3n) is 4.40. The van der Waals surface area contributed by atoms with Crippen molar-refractivity contribution >= 4 is 17.2 Å². The molecule has 0 unspecified atom stereocenters. The summed E-state index contributed by atoms with van der Waals surface area (Å²) in [6, 6.07) is 13.9. The molecule has 2 heterocycles. The highest BCUT2D eigenvalue weighted by molar-refractivity contribution is 5.92. The standard InChI is InChI=1S/C21H19N5O5/c1-29-14-6-5-7-15(12-14)31-20-19-24-26(21(28)25(19)11-10-22-20)13-18(27)23-16-8-3-4-9-17(16)30-2/h3-12H,13H2,1-2H3,(H,23,27). The Labute approximate surface area is 176 Å². The van der Waals surface area contributed by atoms with Gasteiger partial charge < -0.3 is 19.5 Å². The lowest BCUT2D eigenvalue weighted by molar-refractivity contribution is -0.117. The fourth-order valence-corrected chi connectivity index (χ4v) is 2.95. The molecule has 0 fully saturated rings. The molecule has 0 aliphatic rings. The minimum Gasteiger partial charge on any atom is -0.497 e. The highest BCUT2D eigenvalue weighted by Gasteiger charge is 2.16. The molecule has 10 heteroatoms. The molecule has 0 bridgehead atoms. The molecule has 31 heavy (non-hydrogen) atoms. The Morgan fingerprint density at radius 1 is 1.06 bits per heavy atom. The monoisotopic (exact) mass is 421 g/mol. The van der Waals surface area contributed by atoms with Gasteiger partial charge in [-0.15, -0.1) is 5.10 Å². The number of benzene rings is 2. The largest absolute Gasteiger partial charge is 0.497 e.